The molecule has 0 aliphatic heterocycles. The standard InChI is InChI=1S/C10H8Br2O3/c1-6(2)10(13)15-14-9-4-3-7(11)5-8(9)12/h3-5H,1H2,2H3. The van der Waals surface area contributed by atoms with Gasteiger partial charge in [0, 0.05) is 10.0 Å². The summed E-state index contributed by atoms with van der Waals surface area (Å²) < 4.78 is 1.58. The highest BCUT2D eigenvalue weighted by atomic mass is 79.9. The van der Waals surface area contributed by atoms with Gasteiger partial charge in [-0.1, -0.05) is 22.5 Å². The Morgan fingerprint density at radius 1 is 1.40 bits per heavy atom. The molecular weight excluding hydrogens is 328 g/mol. The summed E-state index contributed by atoms with van der Waals surface area (Å²) in [6.07, 6.45) is 0. The van der Waals surface area contributed by atoms with Crippen molar-refractivity contribution in [1.82, 2.24) is 0 Å². The molecule has 5 heteroatoms. The summed E-state index contributed by atoms with van der Waals surface area (Å²) in [7, 11) is 0. The van der Waals surface area contributed by atoms with Gasteiger partial charge in [0.1, 0.15) is 0 Å². The third kappa shape index (κ3) is 3.68. The summed E-state index contributed by atoms with van der Waals surface area (Å²) in [5.41, 5.74) is 0.281. The molecule has 0 unspecified atom stereocenters. The topological polar surface area (TPSA) is 35.5 Å². The van der Waals surface area contributed by atoms with Crippen LogP contribution >= 0.6 is 31.9 Å². The van der Waals surface area contributed by atoms with Gasteiger partial charge in [0.2, 0.25) is 0 Å². The largest absolute Gasteiger partial charge is 0.381 e. The Labute approximate surface area is 104 Å². The van der Waals surface area contributed by atoms with E-state index in [9.17, 15) is 4.79 Å². The minimum atomic E-state index is -0.593. The zero-order valence-electron chi connectivity index (χ0n) is 7.92. The summed E-state index contributed by atoms with van der Waals surface area (Å²) in [4.78, 5) is 20.4. The van der Waals surface area contributed by atoms with E-state index in [1.807, 2.05) is 0 Å². The molecular formula is C10H8Br2O3. The first-order valence-electron chi connectivity index (χ1n) is 4.00. The minimum Gasteiger partial charge on any atom is -0.285 e. The summed E-state index contributed by atoms with van der Waals surface area (Å²) in [6, 6.07) is 5.22. The lowest BCUT2D eigenvalue weighted by Gasteiger charge is -2.05. The number of benzene rings is 1. The van der Waals surface area contributed by atoms with Gasteiger partial charge >= 0.3 is 5.97 Å². The van der Waals surface area contributed by atoms with E-state index in [2.05, 4.69) is 43.3 Å². The van der Waals surface area contributed by atoms with Crippen LogP contribution in [0.2, 0.25) is 0 Å². The second kappa shape index (κ2) is 5.32. The van der Waals surface area contributed by atoms with Crippen molar-refractivity contribution >= 4 is 37.8 Å². The first-order chi connectivity index (χ1) is 7.00. The van der Waals surface area contributed by atoms with Crippen molar-refractivity contribution in [3.05, 3.63) is 39.3 Å². The Bertz CT molecular complexity index is 402. The molecule has 0 aromatic heterocycles. The lowest BCUT2D eigenvalue weighted by Crippen LogP contribution is -2.08. The van der Waals surface area contributed by atoms with E-state index in [1.165, 1.54) is 0 Å². The molecule has 1 aromatic rings. The van der Waals surface area contributed by atoms with E-state index in [0.717, 1.165) is 4.47 Å². The Kier molecular flexibility index (Phi) is 4.35. The molecule has 0 amide bonds. The number of carbonyl (C=O) groups excluding carboxylic acids is 1. The zero-order valence-corrected chi connectivity index (χ0v) is 11.1. The average Bonchev–Trinajstić information content (AvgIpc) is 2.15. The Morgan fingerprint density at radius 3 is 2.60 bits per heavy atom. The second-order valence-corrected chi connectivity index (χ2v) is 4.58. The predicted octanol–water partition coefficient (Wildman–Crippen LogP) is 3.62. The van der Waals surface area contributed by atoms with Crippen molar-refractivity contribution < 1.29 is 14.6 Å². The third-order valence-corrected chi connectivity index (χ3v) is 2.56. The van der Waals surface area contributed by atoms with Gasteiger partial charge in [0.15, 0.2) is 5.75 Å². The molecule has 0 spiro atoms. The van der Waals surface area contributed by atoms with Crippen LogP contribution in [0.4, 0.5) is 0 Å². The van der Waals surface area contributed by atoms with Crippen LogP contribution < -0.4 is 4.89 Å². The van der Waals surface area contributed by atoms with E-state index in [-0.39, 0.29) is 5.57 Å². The van der Waals surface area contributed by atoms with Gasteiger partial charge in [-0.2, -0.15) is 0 Å². The smallest absolute Gasteiger partial charge is 0.285 e. The highest BCUT2D eigenvalue weighted by Crippen LogP contribution is 2.28. The Hall–Kier alpha value is -0.810. The Morgan fingerprint density at radius 2 is 2.07 bits per heavy atom. The molecule has 0 N–H and O–H groups in total. The van der Waals surface area contributed by atoms with Crippen LogP contribution in [0.1, 0.15) is 6.92 Å². The molecule has 0 saturated heterocycles. The van der Waals surface area contributed by atoms with Gasteiger partial charge in [-0.05, 0) is 41.1 Å². The molecule has 0 aliphatic carbocycles. The molecule has 0 bridgehead atoms. The number of hydrogen-bond donors (Lipinski definition) is 0. The van der Waals surface area contributed by atoms with Crippen LogP contribution in [0.5, 0.6) is 5.75 Å². The SMILES string of the molecule is C=C(C)C(=O)OOc1ccc(Br)cc1Br. The molecule has 1 rings (SSSR count). The summed E-state index contributed by atoms with van der Waals surface area (Å²) in [5.74, 6) is -0.169. The molecule has 0 atom stereocenters. The van der Waals surface area contributed by atoms with Crippen LogP contribution in [-0.2, 0) is 9.68 Å². The zero-order chi connectivity index (χ0) is 11.4. The highest BCUT2D eigenvalue weighted by Gasteiger charge is 2.08. The summed E-state index contributed by atoms with van der Waals surface area (Å²) in [6.45, 7) is 4.97. The van der Waals surface area contributed by atoms with Crippen molar-refractivity contribution in [2.75, 3.05) is 0 Å². The van der Waals surface area contributed by atoms with E-state index in [0.29, 0.717) is 10.2 Å². The predicted molar refractivity (Wildman–Crippen MR) is 63.4 cm³/mol. The molecule has 15 heavy (non-hydrogen) atoms. The molecule has 0 fully saturated rings. The van der Waals surface area contributed by atoms with Crippen LogP contribution in [0.3, 0.4) is 0 Å². The van der Waals surface area contributed by atoms with Crippen molar-refractivity contribution in [2.24, 2.45) is 0 Å². The maximum absolute atomic E-state index is 11.0. The monoisotopic (exact) mass is 334 g/mol. The van der Waals surface area contributed by atoms with Crippen molar-refractivity contribution in [1.29, 1.82) is 0 Å². The normalized spacial score (nSPS) is 9.53. The maximum atomic E-state index is 11.0. The minimum absolute atomic E-state index is 0.281. The highest BCUT2D eigenvalue weighted by molar-refractivity contribution is 9.11. The fourth-order valence-electron chi connectivity index (χ4n) is 0.697. The second-order valence-electron chi connectivity index (χ2n) is 2.81. The van der Waals surface area contributed by atoms with Crippen LogP contribution in [0.25, 0.3) is 0 Å². The lowest BCUT2D eigenvalue weighted by atomic mass is 10.3. The molecule has 0 saturated carbocycles. The van der Waals surface area contributed by atoms with Crippen LogP contribution in [-0.4, -0.2) is 5.97 Å². The van der Waals surface area contributed by atoms with E-state index >= 15 is 0 Å². The van der Waals surface area contributed by atoms with Gasteiger partial charge in [-0.3, -0.25) is 4.89 Å². The molecule has 3 nitrogen and oxygen atoms in total. The first-order valence-corrected chi connectivity index (χ1v) is 5.58. The lowest BCUT2D eigenvalue weighted by molar-refractivity contribution is -0.208. The van der Waals surface area contributed by atoms with Gasteiger partial charge in [-0.15, -0.1) is 0 Å². The molecule has 0 heterocycles. The molecule has 0 radical (unpaired) electrons. The molecule has 1 aromatic carbocycles. The van der Waals surface area contributed by atoms with Gasteiger partial charge in [0.25, 0.3) is 0 Å². The van der Waals surface area contributed by atoms with Crippen LogP contribution in [0.15, 0.2) is 39.3 Å². The quantitative estimate of drug-likeness (QED) is 0.480. The number of carbonyl (C=O) groups is 1. The third-order valence-electron chi connectivity index (χ3n) is 1.45. The van der Waals surface area contributed by atoms with E-state index in [1.54, 1.807) is 25.1 Å². The summed E-state index contributed by atoms with van der Waals surface area (Å²) in [5, 5.41) is 0. The van der Waals surface area contributed by atoms with E-state index in [4.69, 9.17) is 4.89 Å². The van der Waals surface area contributed by atoms with Gasteiger partial charge in [-0.25, -0.2) is 9.68 Å². The average molecular weight is 336 g/mol. The van der Waals surface area contributed by atoms with Crippen LogP contribution in [0, 0.1) is 0 Å². The van der Waals surface area contributed by atoms with Crippen molar-refractivity contribution in [2.45, 2.75) is 6.92 Å². The summed E-state index contributed by atoms with van der Waals surface area (Å²) >= 11 is 6.56. The first kappa shape index (κ1) is 12.3. The fourth-order valence-corrected chi connectivity index (χ4v) is 1.81. The van der Waals surface area contributed by atoms with E-state index < -0.39 is 5.97 Å². The Balaban J connectivity index is 2.66. The maximum Gasteiger partial charge on any atom is 0.381 e. The number of halogens is 2. The number of hydrogen-bond acceptors (Lipinski definition) is 3. The number of rotatable bonds is 3. The van der Waals surface area contributed by atoms with Crippen molar-refractivity contribution in [3.8, 4) is 5.75 Å². The molecule has 80 valence electrons. The molecule has 0 aliphatic rings. The fraction of sp³-hybridized carbons (Fsp3) is 0.100. The van der Waals surface area contributed by atoms with Gasteiger partial charge < -0.3 is 0 Å². The van der Waals surface area contributed by atoms with Crippen molar-refractivity contribution in [3.63, 3.8) is 0 Å². The van der Waals surface area contributed by atoms with Gasteiger partial charge in [0.05, 0.1) is 4.47 Å².